The molecule has 3 rings (SSSR count). The maximum atomic E-state index is 5.64. The van der Waals surface area contributed by atoms with E-state index in [0.717, 1.165) is 22.0 Å². The Bertz CT molecular complexity index is 970. The van der Waals surface area contributed by atoms with Crippen molar-refractivity contribution in [3.05, 3.63) is 59.1 Å². The molecule has 2 aromatic carbocycles. The molecule has 0 fully saturated rings. The van der Waals surface area contributed by atoms with Crippen LogP contribution in [0, 0.1) is 6.92 Å². The number of benzene rings is 2. The number of aryl methyl sites for hydroxylation is 1. The van der Waals surface area contributed by atoms with Crippen molar-refractivity contribution in [2.24, 2.45) is 4.99 Å². The molecular formula is C22H26N4O2S. The molecule has 6 nitrogen and oxygen atoms in total. The summed E-state index contributed by atoms with van der Waals surface area (Å²) in [5.74, 6) is 2.07. The average Bonchev–Trinajstić information content (AvgIpc) is 3.13. The van der Waals surface area contributed by atoms with Crippen molar-refractivity contribution in [1.82, 2.24) is 10.3 Å². The summed E-state index contributed by atoms with van der Waals surface area (Å²) >= 11 is 1.69. The number of rotatable bonds is 7. The second-order valence-electron chi connectivity index (χ2n) is 6.24. The molecule has 0 aliphatic rings. The molecule has 0 saturated heterocycles. The van der Waals surface area contributed by atoms with E-state index in [9.17, 15) is 0 Å². The van der Waals surface area contributed by atoms with Gasteiger partial charge in [-0.25, -0.2) is 4.98 Å². The van der Waals surface area contributed by atoms with E-state index in [4.69, 9.17) is 14.5 Å². The maximum absolute atomic E-state index is 5.64. The lowest BCUT2D eigenvalue weighted by Crippen LogP contribution is -2.30. The van der Waals surface area contributed by atoms with Gasteiger partial charge in [-0.1, -0.05) is 30.3 Å². The predicted octanol–water partition coefficient (Wildman–Crippen LogP) is 4.71. The zero-order valence-corrected chi connectivity index (χ0v) is 18.0. The smallest absolute Gasteiger partial charge is 0.195 e. The zero-order chi connectivity index (χ0) is 20.6. The summed E-state index contributed by atoms with van der Waals surface area (Å²) in [6.45, 7) is 5.20. The van der Waals surface area contributed by atoms with Gasteiger partial charge >= 0.3 is 0 Å². The lowest BCUT2D eigenvalue weighted by Gasteiger charge is -2.14. The van der Waals surface area contributed by atoms with E-state index >= 15 is 0 Å². The van der Waals surface area contributed by atoms with Gasteiger partial charge in [0.1, 0.15) is 5.01 Å². The lowest BCUT2D eigenvalue weighted by molar-refractivity contribution is 0.311. The largest absolute Gasteiger partial charge is 0.493 e. The van der Waals surface area contributed by atoms with Gasteiger partial charge < -0.3 is 20.1 Å². The van der Waals surface area contributed by atoms with Crippen LogP contribution < -0.4 is 20.1 Å². The zero-order valence-electron chi connectivity index (χ0n) is 17.2. The van der Waals surface area contributed by atoms with E-state index < -0.39 is 0 Å². The van der Waals surface area contributed by atoms with Crippen LogP contribution in [0.4, 0.5) is 5.69 Å². The van der Waals surface area contributed by atoms with Gasteiger partial charge in [-0.2, -0.15) is 0 Å². The van der Waals surface area contributed by atoms with Gasteiger partial charge in [0.25, 0.3) is 0 Å². The molecule has 0 bridgehead atoms. The highest BCUT2D eigenvalue weighted by molar-refractivity contribution is 7.15. The van der Waals surface area contributed by atoms with E-state index in [2.05, 4.69) is 27.8 Å². The molecule has 7 heteroatoms. The number of anilines is 1. The molecule has 0 saturated carbocycles. The fourth-order valence-corrected chi connectivity index (χ4v) is 3.81. The lowest BCUT2D eigenvalue weighted by atomic mass is 10.2. The number of aliphatic imine (C=N–C) groups is 1. The van der Waals surface area contributed by atoms with Gasteiger partial charge in [0.2, 0.25) is 0 Å². The van der Waals surface area contributed by atoms with Gasteiger partial charge in [0.15, 0.2) is 17.5 Å². The summed E-state index contributed by atoms with van der Waals surface area (Å²) in [5.41, 5.74) is 3.03. The van der Waals surface area contributed by atoms with E-state index in [1.54, 1.807) is 25.5 Å². The first-order valence-electron chi connectivity index (χ1n) is 9.44. The molecule has 1 heterocycles. The minimum Gasteiger partial charge on any atom is -0.493 e. The first-order chi connectivity index (χ1) is 14.1. The van der Waals surface area contributed by atoms with Crippen LogP contribution in [0.1, 0.15) is 17.5 Å². The van der Waals surface area contributed by atoms with Gasteiger partial charge in [-0.3, -0.25) is 4.99 Å². The van der Waals surface area contributed by atoms with Crippen molar-refractivity contribution in [3.8, 4) is 22.1 Å². The third kappa shape index (κ3) is 5.26. The summed E-state index contributed by atoms with van der Waals surface area (Å²) in [6, 6.07) is 15.9. The molecule has 29 heavy (non-hydrogen) atoms. The Morgan fingerprint density at radius 1 is 1.14 bits per heavy atom. The topological polar surface area (TPSA) is 67.8 Å². The van der Waals surface area contributed by atoms with E-state index in [0.29, 0.717) is 30.6 Å². The number of nitrogens with zero attached hydrogens (tertiary/aromatic N) is 2. The molecule has 2 N–H and O–H groups in total. The molecule has 0 radical (unpaired) electrons. The highest BCUT2D eigenvalue weighted by Gasteiger charge is 2.11. The third-order valence-corrected chi connectivity index (χ3v) is 5.49. The first kappa shape index (κ1) is 20.7. The summed E-state index contributed by atoms with van der Waals surface area (Å²) in [6.07, 6.45) is 0. The minimum atomic E-state index is 0.571. The molecule has 3 aromatic rings. The molecule has 0 amide bonds. The molecule has 1 aromatic heterocycles. The standard InChI is InChI=1S/C22H26N4O2S/c1-5-28-19-13-17(11-12-18(19)27-4)26-22(23-3)24-14-20-15(2)25-21(29-20)16-9-7-6-8-10-16/h6-13H,5,14H2,1-4H3,(H2,23,24,26). The monoisotopic (exact) mass is 410 g/mol. The minimum absolute atomic E-state index is 0.571. The van der Waals surface area contributed by atoms with Crippen molar-refractivity contribution in [2.75, 3.05) is 26.1 Å². The summed E-state index contributed by atoms with van der Waals surface area (Å²) in [5, 5.41) is 7.68. The van der Waals surface area contributed by atoms with Gasteiger partial charge in [0.05, 0.1) is 26.0 Å². The number of thiazole rings is 1. The van der Waals surface area contributed by atoms with Gasteiger partial charge in [-0.15, -0.1) is 11.3 Å². The number of hydrogen-bond donors (Lipinski definition) is 2. The Labute approximate surface area is 175 Å². The Morgan fingerprint density at radius 2 is 1.93 bits per heavy atom. The molecule has 0 unspecified atom stereocenters. The molecule has 0 spiro atoms. The van der Waals surface area contributed by atoms with Crippen LogP contribution in [-0.2, 0) is 6.54 Å². The van der Waals surface area contributed by atoms with Crippen LogP contribution >= 0.6 is 11.3 Å². The van der Waals surface area contributed by atoms with Crippen LogP contribution in [-0.4, -0.2) is 31.7 Å². The van der Waals surface area contributed by atoms with Crippen molar-refractivity contribution < 1.29 is 9.47 Å². The molecule has 0 aliphatic heterocycles. The SMILES string of the molecule is CCOc1cc(NC(=NC)NCc2sc(-c3ccccc3)nc2C)ccc1OC. The molecular weight excluding hydrogens is 384 g/mol. The van der Waals surface area contributed by atoms with Crippen LogP contribution in [0.5, 0.6) is 11.5 Å². The van der Waals surface area contributed by atoms with Crippen molar-refractivity contribution in [3.63, 3.8) is 0 Å². The number of nitrogens with one attached hydrogen (secondary N) is 2. The fourth-order valence-electron chi connectivity index (χ4n) is 2.80. The second-order valence-corrected chi connectivity index (χ2v) is 7.33. The average molecular weight is 411 g/mol. The maximum Gasteiger partial charge on any atom is 0.195 e. The molecule has 0 atom stereocenters. The number of guanidine groups is 1. The van der Waals surface area contributed by atoms with Gasteiger partial charge in [-0.05, 0) is 26.0 Å². The van der Waals surface area contributed by atoms with Crippen LogP contribution in [0.25, 0.3) is 10.6 Å². The number of hydrogen-bond acceptors (Lipinski definition) is 5. The number of aromatic nitrogens is 1. The highest BCUT2D eigenvalue weighted by atomic mass is 32.1. The van der Waals surface area contributed by atoms with Crippen LogP contribution in [0.2, 0.25) is 0 Å². The molecule has 152 valence electrons. The van der Waals surface area contributed by atoms with Crippen molar-refractivity contribution in [2.45, 2.75) is 20.4 Å². The predicted molar refractivity (Wildman–Crippen MR) is 120 cm³/mol. The van der Waals surface area contributed by atoms with E-state index in [1.165, 1.54) is 4.88 Å². The number of ether oxygens (including phenoxy) is 2. The van der Waals surface area contributed by atoms with Gasteiger partial charge in [0, 0.05) is 29.2 Å². The normalized spacial score (nSPS) is 11.2. The fraction of sp³-hybridized carbons (Fsp3) is 0.273. The summed E-state index contributed by atoms with van der Waals surface area (Å²) in [4.78, 5) is 10.2. The van der Waals surface area contributed by atoms with Crippen molar-refractivity contribution >= 4 is 23.0 Å². The van der Waals surface area contributed by atoms with E-state index in [-0.39, 0.29) is 0 Å². The second kappa shape index (κ2) is 9.93. The number of methoxy groups -OCH3 is 1. The Morgan fingerprint density at radius 3 is 2.62 bits per heavy atom. The first-order valence-corrected chi connectivity index (χ1v) is 10.3. The summed E-state index contributed by atoms with van der Waals surface area (Å²) < 4.78 is 11.0. The Hall–Kier alpha value is -3.06. The summed E-state index contributed by atoms with van der Waals surface area (Å²) in [7, 11) is 3.38. The quantitative estimate of drug-likeness (QED) is 0.436. The van der Waals surface area contributed by atoms with E-state index in [1.807, 2.05) is 50.2 Å². The third-order valence-electron chi connectivity index (χ3n) is 4.28. The van der Waals surface area contributed by atoms with Crippen molar-refractivity contribution in [1.29, 1.82) is 0 Å². The van der Waals surface area contributed by atoms with Crippen LogP contribution in [0.3, 0.4) is 0 Å². The Balaban J connectivity index is 1.67. The highest BCUT2D eigenvalue weighted by Crippen LogP contribution is 2.30. The molecule has 0 aliphatic carbocycles. The van der Waals surface area contributed by atoms with Crippen LogP contribution in [0.15, 0.2) is 53.5 Å². The Kier molecular flexibility index (Phi) is 7.08.